The normalized spacial score (nSPS) is 14.3. The van der Waals surface area contributed by atoms with Crippen LogP contribution in [0.2, 0.25) is 0 Å². The maximum absolute atomic E-state index is 12.3. The lowest BCUT2D eigenvalue weighted by Gasteiger charge is -2.30. The predicted octanol–water partition coefficient (Wildman–Crippen LogP) is 4.81. The van der Waals surface area contributed by atoms with Crippen molar-refractivity contribution in [1.82, 2.24) is 24.5 Å². The zero-order valence-electron chi connectivity index (χ0n) is 25.5. The van der Waals surface area contributed by atoms with Gasteiger partial charge in [0.05, 0.1) is 6.20 Å². The van der Waals surface area contributed by atoms with E-state index in [0.29, 0.717) is 30.6 Å². The highest BCUT2D eigenvalue weighted by atomic mass is 16.5. The number of ketones is 1. The lowest BCUT2D eigenvalue weighted by Crippen LogP contribution is -2.40. The van der Waals surface area contributed by atoms with Crippen LogP contribution in [-0.2, 0) is 17.8 Å². The minimum Gasteiger partial charge on any atom is -0.457 e. The Morgan fingerprint density at radius 3 is 2.58 bits per heavy atom. The van der Waals surface area contributed by atoms with Gasteiger partial charge in [0.1, 0.15) is 11.5 Å². The summed E-state index contributed by atoms with van der Waals surface area (Å²) in [5, 5.41) is 8.12. The summed E-state index contributed by atoms with van der Waals surface area (Å²) in [6.07, 6.45) is 7.61. The number of carbonyl (C=O) groups is 1. The Balaban J connectivity index is 1.30. The molecule has 1 aliphatic rings. The van der Waals surface area contributed by atoms with E-state index in [1.165, 1.54) is 0 Å². The van der Waals surface area contributed by atoms with Crippen molar-refractivity contribution >= 4 is 23.3 Å². The van der Waals surface area contributed by atoms with Crippen molar-refractivity contribution < 1.29 is 9.53 Å². The van der Waals surface area contributed by atoms with E-state index in [1.807, 2.05) is 79.8 Å². The second kappa shape index (κ2) is 13.8. The molecule has 0 radical (unpaired) electrons. The largest absolute Gasteiger partial charge is 0.457 e. The van der Waals surface area contributed by atoms with Gasteiger partial charge in [0.25, 0.3) is 0 Å². The summed E-state index contributed by atoms with van der Waals surface area (Å²) in [5.41, 5.74) is 9.97. The number of hydrogen-bond donors (Lipinski definition) is 2. The van der Waals surface area contributed by atoms with Crippen molar-refractivity contribution in [2.75, 3.05) is 43.9 Å². The van der Waals surface area contributed by atoms with E-state index in [2.05, 4.69) is 29.2 Å². The zero-order valence-corrected chi connectivity index (χ0v) is 25.5. The van der Waals surface area contributed by atoms with Crippen LogP contribution in [0.25, 0.3) is 5.65 Å². The fourth-order valence-corrected chi connectivity index (χ4v) is 5.03. The molecule has 10 nitrogen and oxygen atoms in total. The predicted molar refractivity (Wildman–Crippen MR) is 171 cm³/mol. The van der Waals surface area contributed by atoms with Gasteiger partial charge in [0, 0.05) is 49.8 Å². The smallest absolute Gasteiger partial charge is 0.230 e. The number of allylic oxidation sites excluding steroid dienone is 1. The molecule has 5 rings (SSSR count). The van der Waals surface area contributed by atoms with Crippen molar-refractivity contribution in [1.29, 1.82) is 0 Å². The monoisotopic (exact) mass is 582 g/mol. The number of ether oxygens (including phenoxy) is 1. The zero-order chi connectivity index (χ0) is 30.3. The van der Waals surface area contributed by atoms with Crippen LogP contribution in [0.5, 0.6) is 11.5 Å². The van der Waals surface area contributed by atoms with Gasteiger partial charge in [-0.25, -0.2) is 0 Å². The average molecular weight is 583 g/mol. The maximum atomic E-state index is 12.3. The molecule has 1 saturated heterocycles. The van der Waals surface area contributed by atoms with Crippen molar-refractivity contribution in [3.8, 4) is 11.5 Å². The van der Waals surface area contributed by atoms with Gasteiger partial charge in [0.2, 0.25) is 11.9 Å². The molecule has 1 fully saturated rings. The second-order valence-corrected chi connectivity index (χ2v) is 11.7. The third kappa shape index (κ3) is 7.77. The first-order chi connectivity index (χ1) is 20.8. The van der Waals surface area contributed by atoms with E-state index in [0.717, 1.165) is 60.6 Å². The summed E-state index contributed by atoms with van der Waals surface area (Å²) < 4.78 is 8.07. The van der Waals surface area contributed by atoms with Gasteiger partial charge in [-0.3, -0.25) is 4.79 Å². The fourth-order valence-electron chi connectivity index (χ4n) is 5.03. The Bertz CT molecular complexity index is 1550. The molecule has 43 heavy (non-hydrogen) atoms. The number of piperidine rings is 1. The van der Waals surface area contributed by atoms with Gasteiger partial charge in [0.15, 0.2) is 11.4 Å². The van der Waals surface area contributed by atoms with E-state index in [4.69, 9.17) is 20.4 Å². The molecule has 3 heterocycles. The summed E-state index contributed by atoms with van der Waals surface area (Å²) in [4.78, 5) is 26.3. The number of benzene rings is 2. The highest BCUT2D eigenvalue weighted by molar-refractivity contribution is 5.91. The maximum Gasteiger partial charge on any atom is 0.230 e. The van der Waals surface area contributed by atoms with Crippen molar-refractivity contribution in [2.24, 2.45) is 5.73 Å². The van der Waals surface area contributed by atoms with Crippen molar-refractivity contribution in [2.45, 2.75) is 51.6 Å². The van der Waals surface area contributed by atoms with Gasteiger partial charge in [-0.15, -0.1) is 0 Å². The first-order valence-corrected chi connectivity index (χ1v) is 15.0. The van der Waals surface area contributed by atoms with Crippen molar-refractivity contribution in [3.63, 3.8) is 0 Å². The molecular formula is C33H42N8O2. The van der Waals surface area contributed by atoms with Crippen LogP contribution in [0.3, 0.4) is 0 Å². The lowest BCUT2D eigenvalue weighted by atomic mass is 10.1. The third-order valence-corrected chi connectivity index (χ3v) is 7.54. The topological polar surface area (TPSA) is 114 Å². The number of likely N-dealkylation sites (N-methyl/N-ethyl adjacent to an activating group) is 1. The summed E-state index contributed by atoms with van der Waals surface area (Å²) in [6.45, 7) is 7.18. The van der Waals surface area contributed by atoms with Gasteiger partial charge in [-0.2, -0.15) is 19.6 Å². The van der Waals surface area contributed by atoms with E-state index < -0.39 is 0 Å². The Kier molecular flexibility index (Phi) is 9.68. The summed E-state index contributed by atoms with van der Waals surface area (Å²) in [5.74, 6) is 3.13. The molecular weight excluding hydrogens is 540 g/mol. The van der Waals surface area contributed by atoms with Crippen LogP contribution >= 0.6 is 0 Å². The number of anilines is 2. The number of para-hydroxylation sites is 1. The van der Waals surface area contributed by atoms with Gasteiger partial charge in [-0.05, 0) is 62.7 Å². The van der Waals surface area contributed by atoms with E-state index in [1.54, 1.807) is 10.6 Å². The van der Waals surface area contributed by atoms with Crippen LogP contribution < -0.4 is 20.7 Å². The number of hydrogen-bond acceptors (Lipinski definition) is 9. The quantitative estimate of drug-likeness (QED) is 0.227. The fraction of sp³-hybridized carbons (Fsp3) is 0.394. The number of aromatic nitrogens is 4. The lowest BCUT2D eigenvalue weighted by molar-refractivity contribution is -0.114. The standard InChI is InChI=1S/C33H42N8O2/c1-23(2)29-22-36-41-31(29)37-33(40-18-15-26(34)16-19-40)38-32(41)35-21-25-8-5-6-10-30(25)43-28-13-11-24(12-14-28)20-27(42)9-7-17-39(3)4/h5-14,22-23,26H,15-21,34H2,1-4H3,(H,35,37,38)/b9-7+. The number of nitrogens with zero attached hydrogens (tertiary/aromatic N) is 6. The molecule has 0 saturated carbocycles. The van der Waals surface area contributed by atoms with Crippen LogP contribution in [-0.4, -0.2) is 70.0 Å². The highest BCUT2D eigenvalue weighted by Crippen LogP contribution is 2.28. The van der Waals surface area contributed by atoms with Gasteiger partial charge >= 0.3 is 0 Å². The molecule has 0 spiro atoms. The highest BCUT2D eigenvalue weighted by Gasteiger charge is 2.22. The molecule has 0 amide bonds. The Morgan fingerprint density at radius 2 is 1.86 bits per heavy atom. The first kappa shape index (κ1) is 30.2. The van der Waals surface area contributed by atoms with Crippen LogP contribution in [0.4, 0.5) is 11.9 Å². The minimum atomic E-state index is 0.0792. The molecule has 0 unspecified atom stereocenters. The van der Waals surface area contributed by atoms with E-state index >= 15 is 0 Å². The number of nitrogens with one attached hydrogen (secondary N) is 1. The van der Waals surface area contributed by atoms with Crippen LogP contribution in [0, 0.1) is 0 Å². The molecule has 1 aliphatic heterocycles. The number of nitrogens with two attached hydrogens (primary N) is 1. The number of fused-ring (bicyclic) bond motifs is 1. The average Bonchev–Trinajstić information content (AvgIpc) is 3.42. The molecule has 3 N–H and O–H groups in total. The molecule has 0 aliphatic carbocycles. The molecule has 10 heteroatoms. The van der Waals surface area contributed by atoms with Gasteiger partial charge < -0.3 is 25.6 Å². The Morgan fingerprint density at radius 1 is 1.12 bits per heavy atom. The summed E-state index contributed by atoms with van der Waals surface area (Å²) in [7, 11) is 3.95. The number of rotatable bonds is 12. The Labute approximate surface area is 253 Å². The minimum absolute atomic E-state index is 0.0792. The first-order valence-electron chi connectivity index (χ1n) is 15.0. The second-order valence-electron chi connectivity index (χ2n) is 11.7. The Hall–Kier alpha value is -4.28. The molecule has 4 aromatic rings. The van der Waals surface area contributed by atoms with E-state index in [-0.39, 0.29) is 17.7 Å². The molecule has 226 valence electrons. The third-order valence-electron chi connectivity index (χ3n) is 7.54. The van der Waals surface area contributed by atoms with Crippen LogP contribution in [0.15, 0.2) is 66.9 Å². The summed E-state index contributed by atoms with van der Waals surface area (Å²) in [6, 6.07) is 15.8. The number of carbonyl (C=O) groups excluding carboxylic acids is 1. The summed E-state index contributed by atoms with van der Waals surface area (Å²) >= 11 is 0. The van der Waals surface area contributed by atoms with Gasteiger partial charge in [-0.1, -0.05) is 50.3 Å². The molecule has 0 bridgehead atoms. The molecule has 0 atom stereocenters. The van der Waals surface area contributed by atoms with E-state index in [9.17, 15) is 4.79 Å². The van der Waals surface area contributed by atoms with Crippen LogP contribution in [0.1, 0.15) is 49.3 Å². The molecule has 2 aromatic heterocycles. The molecule has 2 aromatic carbocycles. The van der Waals surface area contributed by atoms with Crippen molar-refractivity contribution in [3.05, 3.63) is 83.6 Å². The SMILES string of the molecule is CC(C)c1cnn2c(NCc3ccccc3Oc3ccc(CC(=O)/C=C/CN(C)C)cc3)nc(N3CCC(N)CC3)nc12.